The highest BCUT2D eigenvalue weighted by molar-refractivity contribution is 5.95. The van der Waals surface area contributed by atoms with Crippen LogP contribution in [0.5, 0.6) is 0 Å². The number of carbonyl (C=O) groups is 1. The van der Waals surface area contributed by atoms with Crippen LogP contribution in [0, 0.1) is 30.6 Å². The molecule has 8 nitrogen and oxygen atoms in total. The van der Waals surface area contributed by atoms with Crippen LogP contribution in [0.3, 0.4) is 0 Å². The molecule has 0 spiro atoms. The van der Waals surface area contributed by atoms with Crippen molar-refractivity contribution in [2.45, 2.75) is 53.2 Å². The molecule has 162 valence electrons. The zero-order chi connectivity index (χ0) is 22.5. The van der Waals surface area contributed by atoms with Crippen molar-refractivity contribution in [1.82, 2.24) is 9.72 Å². The summed E-state index contributed by atoms with van der Waals surface area (Å²) in [6.07, 6.45) is -0.493. The van der Waals surface area contributed by atoms with Crippen molar-refractivity contribution >= 4 is 22.7 Å². The van der Waals surface area contributed by atoms with Crippen LogP contribution in [0.4, 0.5) is 10.5 Å². The monoisotopic (exact) mass is 421 g/mol. The van der Waals surface area contributed by atoms with Crippen LogP contribution in [0.25, 0.3) is 16.8 Å². The zero-order valence-electron chi connectivity index (χ0n) is 18.5. The number of rotatable bonds is 3. The van der Waals surface area contributed by atoms with Gasteiger partial charge in [-0.2, -0.15) is 5.26 Å². The molecular weight excluding hydrogens is 394 g/mol. The predicted molar refractivity (Wildman–Crippen MR) is 117 cm³/mol. The van der Waals surface area contributed by atoms with E-state index in [-0.39, 0.29) is 17.6 Å². The molecule has 0 saturated carbocycles. The minimum Gasteiger partial charge on any atom is -0.444 e. The number of hydrogen-bond donors (Lipinski definition) is 1. The highest BCUT2D eigenvalue weighted by Crippen LogP contribution is 2.42. The number of nitriles is 1. The molecule has 1 aliphatic heterocycles. The molecule has 0 aliphatic carbocycles. The summed E-state index contributed by atoms with van der Waals surface area (Å²) in [5.74, 6) is 0.657. The van der Waals surface area contributed by atoms with Crippen molar-refractivity contribution < 1.29 is 14.1 Å². The molecule has 3 heterocycles. The first kappa shape index (κ1) is 20.8. The Morgan fingerprint density at radius 2 is 1.97 bits per heavy atom. The molecule has 31 heavy (non-hydrogen) atoms. The summed E-state index contributed by atoms with van der Waals surface area (Å²) in [5.41, 5.74) is 9.06. The minimum atomic E-state index is -0.780. The van der Waals surface area contributed by atoms with Crippen molar-refractivity contribution in [3.63, 3.8) is 0 Å². The van der Waals surface area contributed by atoms with Gasteiger partial charge in [-0.3, -0.25) is 4.57 Å². The van der Waals surface area contributed by atoms with Gasteiger partial charge in [-0.15, -0.1) is 0 Å². The van der Waals surface area contributed by atoms with E-state index in [2.05, 4.69) is 36.9 Å². The Hall–Kier alpha value is -3.47. The molecule has 0 bridgehead atoms. The Kier molecular flexibility index (Phi) is 4.92. The van der Waals surface area contributed by atoms with Gasteiger partial charge in [0.1, 0.15) is 6.10 Å². The molecule has 2 aromatic heterocycles. The normalized spacial score (nSPS) is 19.0. The third-order valence-corrected chi connectivity index (χ3v) is 5.95. The fourth-order valence-electron chi connectivity index (χ4n) is 4.79. The number of hydrogen-bond acceptors (Lipinski definition) is 6. The summed E-state index contributed by atoms with van der Waals surface area (Å²) in [5, 5.41) is 14.9. The lowest BCUT2D eigenvalue weighted by atomic mass is 9.83. The Bertz CT molecular complexity index is 1170. The summed E-state index contributed by atoms with van der Waals surface area (Å²) >= 11 is 0. The van der Waals surface area contributed by atoms with Crippen LogP contribution in [-0.2, 0) is 4.74 Å². The molecular formula is C23H27N5O3. The summed E-state index contributed by atoms with van der Waals surface area (Å²) in [4.78, 5) is 13.6. The third kappa shape index (κ3) is 3.50. The summed E-state index contributed by atoms with van der Waals surface area (Å²) in [6, 6.07) is 9.79. The molecule has 2 N–H and O–H groups in total. The van der Waals surface area contributed by atoms with E-state index in [0.29, 0.717) is 29.9 Å². The first-order valence-corrected chi connectivity index (χ1v) is 10.3. The average Bonchev–Trinajstić information content (AvgIpc) is 3.37. The molecule has 1 aromatic carbocycles. The number of ether oxygens (including phenoxy) is 1. The van der Waals surface area contributed by atoms with Crippen molar-refractivity contribution in [2.75, 3.05) is 11.4 Å². The number of aromatic nitrogens is 2. The van der Waals surface area contributed by atoms with E-state index < -0.39 is 6.09 Å². The number of nitrogens with two attached hydrogens (primary N) is 1. The first-order valence-electron chi connectivity index (χ1n) is 10.3. The standard InChI is InChI=1S/C23H27N5O3/c1-13-6-7-14(2)28(13)21-16-10-15(12-24)11-17(19(16)31-26-21)27-9-8-18(30-22(25)29)20(27)23(3,4)5/h6-7,10-11,18,20H,8-9H2,1-5H3,(H2,25,29)/t18-,20?/m1/s1. The third-order valence-electron chi connectivity index (χ3n) is 5.95. The summed E-state index contributed by atoms with van der Waals surface area (Å²) in [7, 11) is 0. The number of primary amides is 1. The molecule has 3 aromatic rings. The van der Waals surface area contributed by atoms with E-state index in [4.69, 9.17) is 15.0 Å². The van der Waals surface area contributed by atoms with E-state index in [1.54, 1.807) is 0 Å². The predicted octanol–water partition coefficient (Wildman–Crippen LogP) is 4.20. The maximum atomic E-state index is 11.5. The second-order valence-electron chi connectivity index (χ2n) is 9.21. The van der Waals surface area contributed by atoms with Gasteiger partial charge in [-0.05, 0) is 43.5 Å². The number of benzene rings is 1. The van der Waals surface area contributed by atoms with Gasteiger partial charge in [0.05, 0.1) is 28.7 Å². The van der Waals surface area contributed by atoms with Crippen LogP contribution < -0.4 is 10.6 Å². The maximum Gasteiger partial charge on any atom is 0.404 e. The minimum absolute atomic E-state index is 0.138. The van der Waals surface area contributed by atoms with Crippen LogP contribution in [0.1, 0.15) is 44.1 Å². The lowest BCUT2D eigenvalue weighted by molar-refractivity contribution is 0.0755. The number of fused-ring (bicyclic) bond motifs is 1. The molecule has 1 saturated heterocycles. The molecule has 1 amide bonds. The molecule has 0 radical (unpaired) electrons. The van der Waals surface area contributed by atoms with Gasteiger partial charge < -0.3 is 19.9 Å². The van der Waals surface area contributed by atoms with Crippen LogP contribution in [0.2, 0.25) is 0 Å². The Balaban J connectivity index is 1.90. The van der Waals surface area contributed by atoms with E-state index in [9.17, 15) is 10.1 Å². The smallest absolute Gasteiger partial charge is 0.404 e. The maximum absolute atomic E-state index is 11.5. The van der Waals surface area contributed by atoms with Crippen LogP contribution in [0.15, 0.2) is 28.8 Å². The zero-order valence-corrected chi connectivity index (χ0v) is 18.5. The number of nitrogens with zero attached hydrogens (tertiary/aromatic N) is 4. The Labute approximate surface area is 181 Å². The number of carbonyl (C=O) groups excluding carboxylic acids is 1. The topological polar surface area (TPSA) is 110 Å². The lowest BCUT2D eigenvalue weighted by Crippen LogP contribution is -2.47. The van der Waals surface area contributed by atoms with Gasteiger partial charge >= 0.3 is 6.09 Å². The first-order chi connectivity index (χ1) is 14.6. The largest absolute Gasteiger partial charge is 0.444 e. The van der Waals surface area contributed by atoms with E-state index >= 15 is 0 Å². The molecule has 1 fully saturated rings. The van der Waals surface area contributed by atoms with Gasteiger partial charge in [-0.1, -0.05) is 25.9 Å². The van der Waals surface area contributed by atoms with E-state index in [1.165, 1.54) is 0 Å². The number of aryl methyl sites for hydroxylation is 2. The number of amides is 1. The molecule has 8 heteroatoms. The quantitative estimate of drug-likeness (QED) is 0.679. The number of anilines is 1. The Morgan fingerprint density at radius 3 is 2.55 bits per heavy atom. The van der Waals surface area contributed by atoms with Crippen molar-refractivity contribution in [1.29, 1.82) is 5.26 Å². The SMILES string of the molecule is Cc1ccc(C)n1-c1noc2c(N3CC[C@@H](OC(N)=O)C3C(C)(C)C)cc(C#N)cc12. The fourth-order valence-corrected chi connectivity index (χ4v) is 4.79. The van der Waals surface area contributed by atoms with E-state index in [0.717, 1.165) is 22.5 Å². The van der Waals surface area contributed by atoms with E-state index in [1.807, 2.05) is 42.7 Å². The second-order valence-corrected chi connectivity index (χ2v) is 9.21. The van der Waals surface area contributed by atoms with Gasteiger partial charge in [-0.25, -0.2) is 4.79 Å². The van der Waals surface area contributed by atoms with Crippen molar-refractivity contribution in [2.24, 2.45) is 11.1 Å². The van der Waals surface area contributed by atoms with Crippen molar-refractivity contribution in [3.05, 3.63) is 41.2 Å². The van der Waals surface area contributed by atoms with Gasteiger partial charge in [0, 0.05) is 24.4 Å². The lowest BCUT2D eigenvalue weighted by Gasteiger charge is -2.38. The highest BCUT2D eigenvalue weighted by Gasteiger charge is 2.45. The summed E-state index contributed by atoms with van der Waals surface area (Å²) in [6.45, 7) is 10.9. The molecule has 1 unspecified atom stereocenters. The van der Waals surface area contributed by atoms with Gasteiger partial charge in [0.25, 0.3) is 0 Å². The van der Waals surface area contributed by atoms with Crippen molar-refractivity contribution in [3.8, 4) is 11.9 Å². The van der Waals surface area contributed by atoms with Crippen LogP contribution >= 0.6 is 0 Å². The Morgan fingerprint density at radius 1 is 1.29 bits per heavy atom. The fraction of sp³-hybridized carbons (Fsp3) is 0.435. The van der Waals surface area contributed by atoms with Gasteiger partial charge in [0.15, 0.2) is 11.4 Å². The summed E-state index contributed by atoms with van der Waals surface area (Å²) < 4.78 is 13.3. The van der Waals surface area contributed by atoms with Gasteiger partial charge in [0.2, 0.25) is 0 Å². The molecule has 1 aliphatic rings. The molecule has 4 rings (SSSR count). The molecule has 2 atom stereocenters. The van der Waals surface area contributed by atoms with Crippen LogP contribution in [-0.4, -0.2) is 34.5 Å². The average molecular weight is 422 g/mol. The second kappa shape index (κ2) is 7.34. The highest BCUT2D eigenvalue weighted by atomic mass is 16.6.